The lowest BCUT2D eigenvalue weighted by Gasteiger charge is -2.26. The second-order valence-electron chi connectivity index (χ2n) is 8.73. The van der Waals surface area contributed by atoms with E-state index in [1.807, 2.05) is 49.8 Å². The monoisotopic (exact) mass is 445 g/mol. The fourth-order valence-electron chi connectivity index (χ4n) is 4.35. The summed E-state index contributed by atoms with van der Waals surface area (Å²) in [5, 5.41) is 7.46. The van der Waals surface area contributed by atoms with Gasteiger partial charge < -0.3 is 19.9 Å². The molecule has 2 aromatic carbocycles. The molecule has 0 saturated carbocycles. The van der Waals surface area contributed by atoms with Crippen LogP contribution in [-0.4, -0.2) is 52.7 Å². The highest BCUT2D eigenvalue weighted by Gasteiger charge is 2.27. The highest BCUT2D eigenvalue weighted by Crippen LogP contribution is 2.34. The molecule has 2 aliphatic heterocycles. The molecule has 8 nitrogen and oxygen atoms in total. The summed E-state index contributed by atoms with van der Waals surface area (Å²) in [6, 6.07) is 15.0. The van der Waals surface area contributed by atoms with Crippen molar-refractivity contribution in [2.75, 3.05) is 30.4 Å². The SMILES string of the molecule is CC(C)Oc1cccc(C(=O)Nc2cc3n(n2)CCN3c2ccc3c(c2)CCN(C)C3=O)c1. The van der Waals surface area contributed by atoms with Crippen LogP contribution in [0.25, 0.3) is 0 Å². The molecular weight excluding hydrogens is 418 g/mol. The Morgan fingerprint density at radius 1 is 1.09 bits per heavy atom. The standard InChI is InChI=1S/C25H27N5O3/c1-16(2)33-20-6-4-5-18(14-20)24(31)26-22-15-23-29(11-12-30(23)27-22)19-7-8-21-17(13-19)9-10-28(3)25(21)32/h4-8,13-16H,9-12H2,1-3H3,(H,26,27,31). The van der Waals surface area contributed by atoms with Gasteiger partial charge in [-0.2, -0.15) is 5.10 Å². The first-order valence-corrected chi connectivity index (χ1v) is 11.2. The molecule has 0 fully saturated rings. The first-order valence-electron chi connectivity index (χ1n) is 11.2. The maximum atomic E-state index is 12.8. The first-order chi connectivity index (χ1) is 15.9. The number of carbonyl (C=O) groups is 2. The van der Waals surface area contributed by atoms with E-state index < -0.39 is 0 Å². The van der Waals surface area contributed by atoms with E-state index in [9.17, 15) is 9.59 Å². The summed E-state index contributed by atoms with van der Waals surface area (Å²) in [7, 11) is 1.83. The Bertz CT molecular complexity index is 1230. The van der Waals surface area contributed by atoms with Gasteiger partial charge in [-0.05, 0) is 62.2 Å². The van der Waals surface area contributed by atoms with Crippen molar-refractivity contribution in [2.45, 2.75) is 32.9 Å². The predicted molar refractivity (Wildman–Crippen MR) is 126 cm³/mol. The van der Waals surface area contributed by atoms with Gasteiger partial charge in [-0.25, -0.2) is 4.68 Å². The van der Waals surface area contributed by atoms with Crippen LogP contribution < -0.4 is 15.0 Å². The van der Waals surface area contributed by atoms with Crippen molar-refractivity contribution in [2.24, 2.45) is 0 Å². The van der Waals surface area contributed by atoms with Crippen molar-refractivity contribution in [3.8, 4) is 5.75 Å². The Labute approximate surface area is 192 Å². The topological polar surface area (TPSA) is 79.7 Å². The maximum Gasteiger partial charge on any atom is 0.256 e. The minimum Gasteiger partial charge on any atom is -0.491 e. The van der Waals surface area contributed by atoms with Gasteiger partial charge in [-0.1, -0.05) is 6.07 Å². The summed E-state index contributed by atoms with van der Waals surface area (Å²) in [5.41, 5.74) is 3.39. The van der Waals surface area contributed by atoms with Crippen molar-refractivity contribution < 1.29 is 14.3 Å². The molecule has 3 heterocycles. The Hall–Kier alpha value is -3.81. The maximum absolute atomic E-state index is 12.8. The van der Waals surface area contributed by atoms with Crippen LogP contribution in [-0.2, 0) is 13.0 Å². The van der Waals surface area contributed by atoms with Crippen LogP contribution in [0, 0.1) is 0 Å². The second kappa shape index (κ2) is 8.27. The summed E-state index contributed by atoms with van der Waals surface area (Å²) in [4.78, 5) is 29.1. The number of likely N-dealkylation sites (N-methyl/N-ethyl adjacent to an activating group) is 1. The zero-order chi connectivity index (χ0) is 23.1. The van der Waals surface area contributed by atoms with Gasteiger partial charge in [0.15, 0.2) is 5.82 Å². The fraction of sp³-hybridized carbons (Fsp3) is 0.320. The Balaban J connectivity index is 1.34. The van der Waals surface area contributed by atoms with Crippen LogP contribution in [0.1, 0.15) is 40.1 Å². The Morgan fingerprint density at radius 2 is 1.94 bits per heavy atom. The second-order valence-corrected chi connectivity index (χ2v) is 8.73. The van der Waals surface area contributed by atoms with Crippen molar-refractivity contribution in [1.29, 1.82) is 0 Å². The van der Waals surface area contributed by atoms with E-state index in [1.54, 1.807) is 23.1 Å². The number of hydrogen-bond donors (Lipinski definition) is 1. The molecule has 1 aromatic heterocycles. The highest BCUT2D eigenvalue weighted by atomic mass is 16.5. The van der Waals surface area contributed by atoms with Crippen molar-refractivity contribution in [3.63, 3.8) is 0 Å². The van der Waals surface area contributed by atoms with Crippen LogP contribution in [0.5, 0.6) is 5.75 Å². The molecule has 0 unspecified atom stereocenters. The van der Waals surface area contributed by atoms with E-state index in [0.29, 0.717) is 17.1 Å². The van der Waals surface area contributed by atoms with E-state index in [4.69, 9.17) is 4.74 Å². The molecule has 0 aliphatic carbocycles. The Kier molecular flexibility index (Phi) is 5.28. The first kappa shape index (κ1) is 21.1. The molecule has 0 spiro atoms. The van der Waals surface area contributed by atoms with Gasteiger partial charge >= 0.3 is 0 Å². The van der Waals surface area contributed by atoms with Crippen LogP contribution in [0.15, 0.2) is 48.5 Å². The summed E-state index contributed by atoms with van der Waals surface area (Å²) < 4.78 is 7.59. The third kappa shape index (κ3) is 4.04. The summed E-state index contributed by atoms with van der Waals surface area (Å²) in [6.45, 7) is 6.14. The largest absolute Gasteiger partial charge is 0.491 e. The number of nitrogens with one attached hydrogen (secondary N) is 1. The summed E-state index contributed by atoms with van der Waals surface area (Å²) in [5.74, 6) is 1.92. The third-order valence-corrected chi connectivity index (χ3v) is 5.97. The molecule has 33 heavy (non-hydrogen) atoms. The summed E-state index contributed by atoms with van der Waals surface area (Å²) in [6.07, 6.45) is 0.882. The smallest absolute Gasteiger partial charge is 0.256 e. The van der Waals surface area contributed by atoms with Crippen molar-refractivity contribution in [3.05, 3.63) is 65.2 Å². The number of fused-ring (bicyclic) bond motifs is 2. The van der Waals surface area contributed by atoms with Crippen LogP contribution in [0.4, 0.5) is 17.3 Å². The van der Waals surface area contributed by atoms with Gasteiger partial charge in [-0.15, -0.1) is 0 Å². The number of amides is 2. The number of anilines is 3. The molecule has 0 bridgehead atoms. The number of carbonyl (C=O) groups excluding carboxylic acids is 2. The average molecular weight is 446 g/mol. The fourth-order valence-corrected chi connectivity index (χ4v) is 4.35. The van der Waals surface area contributed by atoms with Gasteiger partial charge in [0.05, 0.1) is 12.6 Å². The van der Waals surface area contributed by atoms with E-state index in [0.717, 1.165) is 48.7 Å². The van der Waals surface area contributed by atoms with Gasteiger partial charge in [-0.3, -0.25) is 9.59 Å². The molecule has 1 N–H and O–H groups in total. The number of rotatable bonds is 5. The molecule has 0 atom stereocenters. The van der Waals surface area contributed by atoms with E-state index in [-0.39, 0.29) is 17.9 Å². The minimum absolute atomic E-state index is 0.0352. The number of hydrogen-bond acceptors (Lipinski definition) is 5. The third-order valence-electron chi connectivity index (χ3n) is 5.97. The molecule has 170 valence electrons. The van der Waals surface area contributed by atoms with Crippen molar-refractivity contribution >= 4 is 29.1 Å². The molecule has 0 saturated heterocycles. The predicted octanol–water partition coefficient (Wildman–Crippen LogP) is 3.70. The lowest BCUT2D eigenvalue weighted by atomic mass is 9.98. The number of aromatic nitrogens is 2. The zero-order valence-electron chi connectivity index (χ0n) is 19.0. The average Bonchev–Trinajstić information content (AvgIpc) is 3.36. The molecule has 8 heteroatoms. The van der Waals surface area contributed by atoms with Gasteiger partial charge in [0.2, 0.25) is 0 Å². The van der Waals surface area contributed by atoms with Crippen molar-refractivity contribution in [1.82, 2.24) is 14.7 Å². The normalized spacial score (nSPS) is 15.0. The van der Waals surface area contributed by atoms with Crippen LogP contribution in [0.3, 0.4) is 0 Å². The molecule has 2 amide bonds. The van der Waals surface area contributed by atoms with E-state index >= 15 is 0 Å². The molecule has 0 radical (unpaired) electrons. The number of nitrogens with zero attached hydrogens (tertiary/aromatic N) is 4. The van der Waals surface area contributed by atoms with Crippen LogP contribution >= 0.6 is 0 Å². The van der Waals surface area contributed by atoms with Gasteiger partial charge in [0.25, 0.3) is 11.8 Å². The summed E-state index contributed by atoms with van der Waals surface area (Å²) >= 11 is 0. The molecule has 3 aromatic rings. The lowest BCUT2D eigenvalue weighted by Crippen LogP contribution is -2.34. The van der Waals surface area contributed by atoms with Crippen LogP contribution in [0.2, 0.25) is 0 Å². The number of benzene rings is 2. The highest BCUT2D eigenvalue weighted by molar-refractivity contribution is 6.04. The molecule has 2 aliphatic rings. The lowest BCUT2D eigenvalue weighted by molar-refractivity contribution is 0.0780. The van der Waals surface area contributed by atoms with Gasteiger partial charge in [0.1, 0.15) is 11.6 Å². The van der Waals surface area contributed by atoms with Gasteiger partial charge in [0, 0.05) is 43.0 Å². The number of ether oxygens (including phenoxy) is 1. The van der Waals surface area contributed by atoms with E-state index in [2.05, 4.69) is 21.4 Å². The quantitative estimate of drug-likeness (QED) is 0.648. The Morgan fingerprint density at radius 3 is 2.76 bits per heavy atom. The zero-order valence-corrected chi connectivity index (χ0v) is 19.0. The molecule has 5 rings (SSSR count). The molecular formula is C25H27N5O3. The minimum atomic E-state index is -0.232. The van der Waals surface area contributed by atoms with E-state index in [1.165, 1.54) is 0 Å².